The fourth-order valence-corrected chi connectivity index (χ4v) is 4.23. The van der Waals surface area contributed by atoms with Crippen LogP contribution >= 0.6 is 22.6 Å². The molecule has 7 nitrogen and oxygen atoms in total. The smallest absolute Gasteiger partial charge is 0.335 e. The number of hydrogen-bond donors (Lipinski definition) is 1. The number of nitrogens with one attached hydrogen (secondary N) is 1. The third-order valence-electron chi connectivity index (χ3n) is 5.18. The van der Waals surface area contributed by atoms with E-state index in [4.69, 9.17) is 9.47 Å². The first-order valence-electron chi connectivity index (χ1n) is 10.4. The number of imide groups is 2. The molecule has 3 aromatic carbocycles. The van der Waals surface area contributed by atoms with Gasteiger partial charge in [0.25, 0.3) is 11.8 Å². The van der Waals surface area contributed by atoms with Crippen molar-refractivity contribution in [3.63, 3.8) is 0 Å². The second-order valence-electron chi connectivity index (χ2n) is 7.60. The van der Waals surface area contributed by atoms with Crippen LogP contribution in [0.1, 0.15) is 16.7 Å². The number of halogens is 1. The number of methoxy groups -OCH3 is 1. The van der Waals surface area contributed by atoms with Crippen LogP contribution in [0, 0.1) is 10.5 Å². The molecule has 34 heavy (non-hydrogen) atoms. The summed E-state index contributed by atoms with van der Waals surface area (Å²) in [7, 11) is 1.52. The van der Waals surface area contributed by atoms with Gasteiger partial charge in [-0.25, -0.2) is 9.69 Å². The van der Waals surface area contributed by atoms with Crippen LogP contribution in [0.15, 0.2) is 72.3 Å². The maximum atomic E-state index is 13.1. The lowest BCUT2D eigenvalue weighted by atomic mass is 10.1. The Hall–Kier alpha value is -3.66. The summed E-state index contributed by atoms with van der Waals surface area (Å²) in [5.74, 6) is -0.428. The summed E-state index contributed by atoms with van der Waals surface area (Å²) in [6, 6.07) is 19.3. The Bertz CT molecular complexity index is 1290. The zero-order valence-electron chi connectivity index (χ0n) is 18.5. The molecule has 8 heteroatoms. The van der Waals surface area contributed by atoms with Gasteiger partial charge in [0.15, 0.2) is 11.5 Å². The molecule has 1 saturated heterocycles. The minimum absolute atomic E-state index is 0.156. The minimum atomic E-state index is -0.784. The number of carbonyl (C=O) groups is 3. The molecule has 3 aromatic rings. The number of urea groups is 1. The molecular formula is C26H21IN2O5. The van der Waals surface area contributed by atoms with E-state index in [0.29, 0.717) is 29.4 Å². The van der Waals surface area contributed by atoms with E-state index < -0.39 is 17.8 Å². The van der Waals surface area contributed by atoms with Crippen LogP contribution < -0.4 is 19.7 Å². The zero-order chi connectivity index (χ0) is 24.2. The lowest BCUT2D eigenvalue weighted by molar-refractivity contribution is -0.122. The predicted octanol–water partition coefficient (Wildman–Crippen LogP) is 4.85. The predicted molar refractivity (Wildman–Crippen MR) is 137 cm³/mol. The van der Waals surface area contributed by atoms with Gasteiger partial charge in [0.1, 0.15) is 12.2 Å². The van der Waals surface area contributed by atoms with Gasteiger partial charge < -0.3 is 9.47 Å². The van der Waals surface area contributed by atoms with Crippen LogP contribution in [0.3, 0.4) is 0 Å². The summed E-state index contributed by atoms with van der Waals surface area (Å²) in [6.45, 7) is 2.26. The van der Waals surface area contributed by atoms with Gasteiger partial charge in [-0.1, -0.05) is 48.0 Å². The maximum Gasteiger partial charge on any atom is 0.335 e. The Balaban J connectivity index is 1.64. The molecule has 1 fully saturated rings. The maximum absolute atomic E-state index is 13.1. The highest BCUT2D eigenvalue weighted by Crippen LogP contribution is 2.35. The van der Waals surface area contributed by atoms with Gasteiger partial charge in [-0.3, -0.25) is 14.9 Å². The molecule has 1 N–H and O–H groups in total. The second kappa shape index (κ2) is 10.1. The number of rotatable bonds is 6. The SMILES string of the molecule is COc1cc(/C=C2\C(=O)NC(=O)N(c3ccc(C)cc3)C2=O)cc(I)c1OCc1ccccc1. The Kier molecular flexibility index (Phi) is 6.97. The standard InChI is InChI=1S/C26H21IN2O5/c1-16-8-10-19(11-9-16)29-25(31)20(24(30)28-26(29)32)12-18-13-21(27)23(22(14-18)33-2)34-15-17-6-4-3-5-7-17/h3-14H,15H2,1-2H3,(H,28,30,32)/b20-12+. The van der Waals surface area contributed by atoms with E-state index in [-0.39, 0.29) is 5.57 Å². The minimum Gasteiger partial charge on any atom is -0.493 e. The molecule has 1 heterocycles. The van der Waals surface area contributed by atoms with Gasteiger partial charge in [0.05, 0.1) is 16.4 Å². The molecule has 0 aromatic heterocycles. The van der Waals surface area contributed by atoms with E-state index in [9.17, 15) is 14.4 Å². The number of barbiturate groups is 1. The molecule has 4 rings (SSSR count). The normalized spacial score (nSPS) is 14.9. The van der Waals surface area contributed by atoms with Crippen molar-refractivity contribution >= 4 is 52.2 Å². The van der Waals surface area contributed by atoms with Crippen molar-refractivity contribution in [3.05, 3.63) is 92.6 Å². The molecule has 1 aliphatic rings. The summed E-state index contributed by atoms with van der Waals surface area (Å²) in [5.41, 5.74) is 2.78. The molecule has 0 bridgehead atoms. The van der Waals surface area contributed by atoms with Gasteiger partial charge >= 0.3 is 6.03 Å². The van der Waals surface area contributed by atoms with Gasteiger partial charge in [0.2, 0.25) is 0 Å². The molecule has 0 aliphatic carbocycles. The number of carbonyl (C=O) groups excluding carboxylic acids is 3. The zero-order valence-corrected chi connectivity index (χ0v) is 20.7. The van der Waals surface area contributed by atoms with Gasteiger partial charge in [-0.05, 0) is 71.0 Å². The average Bonchev–Trinajstić information content (AvgIpc) is 2.82. The van der Waals surface area contributed by atoms with E-state index in [1.807, 2.05) is 37.3 Å². The van der Waals surface area contributed by atoms with E-state index >= 15 is 0 Å². The Morgan fingerprint density at radius 2 is 1.71 bits per heavy atom. The fourth-order valence-electron chi connectivity index (χ4n) is 3.45. The van der Waals surface area contributed by atoms with E-state index in [1.54, 1.807) is 36.4 Å². The highest BCUT2D eigenvalue weighted by Gasteiger charge is 2.36. The number of nitrogens with zero attached hydrogens (tertiary/aromatic N) is 1. The van der Waals surface area contributed by atoms with Crippen molar-refractivity contribution in [2.75, 3.05) is 12.0 Å². The summed E-state index contributed by atoms with van der Waals surface area (Å²) in [5, 5.41) is 2.24. The van der Waals surface area contributed by atoms with Crippen molar-refractivity contribution < 1.29 is 23.9 Å². The van der Waals surface area contributed by atoms with Crippen LogP contribution in [0.2, 0.25) is 0 Å². The monoisotopic (exact) mass is 568 g/mol. The number of benzene rings is 3. The summed E-state index contributed by atoms with van der Waals surface area (Å²) in [4.78, 5) is 39.0. The largest absolute Gasteiger partial charge is 0.493 e. The quantitative estimate of drug-likeness (QED) is 0.261. The Morgan fingerprint density at radius 1 is 1.00 bits per heavy atom. The number of anilines is 1. The number of amides is 4. The second-order valence-corrected chi connectivity index (χ2v) is 8.76. The lowest BCUT2D eigenvalue weighted by Crippen LogP contribution is -2.54. The van der Waals surface area contributed by atoms with E-state index in [2.05, 4.69) is 27.9 Å². The third kappa shape index (κ3) is 4.96. The van der Waals surface area contributed by atoms with Crippen molar-refractivity contribution in [1.82, 2.24) is 5.32 Å². The third-order valence-corrected chi connectivity index (χ3v) is 5.98. The Morgan fingerprint density at radius 3 is 2.38 bits per heavy atom. The first kappa shape index (κ1) is 23.5. The molecule has 0 atom stereocenters. The van der Waals surface area contributed by atoms with Crippen molar-refractivity contribution in [3.8, 4) is 11.5 Å². The fraction of sp³-hybridized carbons (Fsp3) is 0.115. The molecule has 172 valence electrons. The summed E-state index contributed by atoms with van der Waals surface area (Å²) in [6.07, 6.45) is 1.44. The van der Waals surface area contributed by atoms with Gasteiger partial charge in [0, 0.05) is 0 Å². The molecule has 0 radical (unpaired) electrons. The highest BCUT2D eigenvalue weighted by molar-refractivity contribution is 14.1. The van der Waals surface area contributed by atoms with E-state index in [0.717, 1.165) is 19.6 Å². The van der Waals surface area contributed by atoms with Crippen molar-refractivity contribution in [2.45, 2.75) is 13.5 Å². The molecule has 1 aliphatic heterocycles. The van der Waals surface area contributed by atoms with Crippen LogP contribution in [-0.4, -0.2) is 25.0 Å². The summed E-state index contributed by atoms with van der Waals surface area (Å²) < 4.78 is 12.2. The van der Waals surface area contributed by atoms with Crippen molar-refractivity contribution in [2.24, 2.45) is 0 Å². The number of aryl methyl sites for hydroxylation is 1. The van der Waals surface area contributed by atoms with Crippen LogP contribution in [0.5, 0.6) is 11.5 Å². The molecule has 0 unspecified atom stereocenters. The highest BCUT2D eigenvalue weighted by atomic mass is 127. The van der Waals surface area contributed by atoms with Gasteiger partial charge in [-0.15, -0.1) is 0 Å². The number of ether oxygens (including phenoxy) is 2. The Labute approximate surface area is 210 Å². The molecule has 0 saturated carbocycles. The van der Waals surface area contributed by atoms with E-state index in [1.165, 1.54) is 13.2 Å². The van der Waals surface area contributed by atoms with Crippen LogP contribution in [0.25, 0.3) is 6.08 Å². The van der Waals surface area contributed by atoms with Crippen LogP contribution in [-0.2, 0) is 16.2 Å². The molecule has 0 spiro atoms. The van der Waals surface area contributed by atoms with Crippen LogP contribution in [0.4, 0.5) is 10.5 Å². The van der Waals surface area contributed by atoms with Crippen molar-refractivity contribution in [1.29, 1.82) is 0 Å². The summed E-state index contributed by atoms with van der Waals surface area (Å²) >= 11 is 2.12. The lowest BCUT2D eigenvalue weighted by Gasteiger charge is -2.26. The topological polar surface area (TPSA) is 84.9 Å². The number of hydrogen-bond acceptors (Lipinski definition) is 5. The molecular weight excluding hydrogens is 547 g/mol. The first-order valence-corrected chi connectivity index (χ1v) is 11.5. The van der Waals surface area contributed by atoms with Gasteiger partial charge in [-0.2, -0.15) is 0 Å². The first-order chi connectivity index (χ1) is 16.4. The molecule has 4 amide bonds. The average molecular weight is 568 g/mol.